The Morgan fingerprint density at radius 3 is 3.16 bits per heavy atom. The van der Waals surface area contributed by atoms with Gasteiger partial charge >= 0.3 is 0 Å². The molecule has 1 aromatic rings. The molecule has 2 N–H and O–H groups in total. The number of carbonyl (C=O) groups excluding carboxylic acids is 1. The van der Waals surface area contributed by atoms with Gasteiger partial charge in [0.1, 0.15) is 4.88 Å². The second kappa shape index (κ2) is 6.74. The summed E-state index contributed by atoms with van der Waals surface area (Å²) < 4.78 is 0. The molecule has 19 heavy (non-hydrogen) atoms. The van der Waals surface area contributed by atoms with Crippen LogP contribution < -0.4 is 5.73 Å². The van der Waals surface area contributed by atoms with Gasteiger partial charge in [0.2, 0.25) is 0 Å². The van der Waals surface area contributed by atoms with E-state index < -0.39 is 0 Å². The Balaban J connectivity index is 2.21. The van der Waals surface area contributed by atoms with Gasteiger partial charge in [0.25, 0.3) is 5.91 Å². The van der Waals surface area contributed by atoms with Crippen molar-refractivity contribution < 1.29 is 4.79 Å². The molecule has 0 saturated carbocycles. The molecule has 1 atom stereocenters. The van der Waals surface area contributed by atoms with Crippen molar-refractivity contribution in [1.82, 2.24) is 4.90 Å². The highest BCUT2D eigenvalue weighted by molar-refractivity contribution is 7.12. The minimum absolute atomic E-state index is 0.142. The van der Waals surface area contributed by atoms with Crippen LogP contribution in [0.4, 0.5) is 0 Å². The van der Waals surface area contributed by atoms with E-state index in [1.165, 1.54) is 17.8 Å². The molecule has 0 radical (unpaired) electrons. The van der Waals surface area contributed by atoms with Gasteiger partial charge in [-0.25, -0.2) is 0 Å². The molecule has 1 amide bonds. The maximum atomic E-state index is 12.7. The maximum absolute atomic E-state index is 12.7. The molecule has 1 aliphatic rings. The molecule has 0 bridgehead atoms. The SMILES string of the molecule is CCC1CCCCN1C(=O)c1sccc1C#CCN. The van der Waals surface area contributed by atoms with Crippen molar-refractivity contribution in [2.24, 2.45) is 5.73 Å². The Hall–Kier alpha value is -1.31. The van der Waals surface area contributed by atoms with Crippen molar-refractivity contribution in [3.05, 3.63) is 21.9 Å². The summed E-state index contributed by atoms with van der Waals surface area (Å²) in [6.07, 6.45) is 4.49. The van der Waals surface area contributed by atoms with Gasteiger partial charge in [0.05, 0.1) is 6.54 Å². The van der Waals surface area contributed by atoms with Gasteiger partial charge in [-0.2, -0.15) is 0 Å². The average Bonchev–Trinajstić information content (AvgIpc) is 2.92. The molecule has 0 aromatic carbocycles. The van der Waals surface area contributed by atoms with E-state index in [2.05, 4.69) is 18.8 Å². The second-order valence-electron chi connectivity index (χ2n) is 4.73. The summed E-state index contributed by atoms with van der Waals surface area (Å²) in [5, 5.41) is 1.93. The predicted octanol–water partition coefficient (Wildman–Crippen LogP) is 2.46. The van der Waals surface area contributed by atoms with Gasteiger partial charge in [-0.15, -0.1) is 11.3 Å². The number of nitrogens with zero attached hydrogens (tertiary/aromatic N) is 1. The minimum atomic E-state index is 0.142. The number of carbonyl (C=O) groups is 1. The zero-order valence-corrected chi connectivity index (χ0v) is 12.1. The molecule has 1 fully saturated rings. The molecule has 0 spiro atoms. The molecule has 3 nitrogen and oxygen atoms in total. The average molecular weight is 276 g/mol. The first-order valence-corrected chi connectivity index (χ1v) is 7.73. The lowest BCUT2D eigenvalue weighted by Gasteiger charge is -2.35. The van der Waals surface area contributed by atoms with E-state index in [1.807, 2.05) is 16.3 Å². The molecule has 1 aromatic heterocycles. The lowest BCUT2D eigenvalue weighted by Crippen LogP contribution is -2.43. The quantitative estimate of drug-likeness (QED) is 0.843. The van der Waals surface area contributed by atoms with Crippen molar-refractivity contribution >= 4 is 17.2 Å². The number of piperidine rings is 1. The fourth-order valence-electron chi connectivity index (χ4n) is 2.54. The van der Waals surface area contributed by atoms with Crippen LogP contribution in [0.2, 0.25) is 0 Å². The number of likely N-dealkylation sites (tertiary alicyclic amines) is 1. The number of amides is 1. The van der Waals surface area contributed by atoms with Crippen molar-refractivity contribution in [2.75, 3.05) is 13.1 Å². The van der Waals surface area contributed by atoms with Crippen LogP contribution in [0.3, 0.4) is 0 Å². The summed E-state index contributed by atoms with van der Waals surface area (Å²) in [5.41, 5.74) is 6.21. The van der Waals surface area contributed by atoms with Crippen LogP contribution in [0, 0.1) is 11.8 Å². The normalized spacial score (nSPS) is 18.8. The lowest BCUT2D eigenvalue weighted by molar-refractivity contribution is 0.0613. The highest BCUT2D eigenvalue weighted by atomic mass is 32.1. The van der Waals surface area contributed by atoms with Crippen molar-refractivity contribution in [1.29, 1.82) is 0 Å². The Morgan fingerprint density at radius 1 is 1.58 bits per heavy atom. The first-order valence-electron chi connectivity index (χ1n) is 6.85. The molecule has 1 aliphatic heterocycles. The summed E-state index contributed by atoms with van der Waals surface area (Å²) in [7, 11) is 0. The zero-order chi connectivity index (χ0) is 13.7. The Labute approximate surface area is 118 Å². The monoisotopic (exact) mass is 276 g/mol. The fourth-order valence-corrected chi connectivity index (χ4v) is 3.35. The summed E-state index contributed by atoms with van der Waals surface area (Å²) in [6.45, 7) is 3.35. The first kappa shape index (κ1) is 14.1. The number of hydrogen-bond donors (Lipinski definition) is 1. The molecular formula is C15H20N2OS. The maximum Gasteiger partial charge on any atom is 0.265 e. The molecule has 1 saturated heterocycles. The largest absolute Gasteiger partial charge is 0.335 e. The van der Waals surface area contributed by atoms with Crippen molar-refractivity contribution in [3.63, 3.8) is 0 Å². The van der Waals surface area contributed by atoms with Gasteiger partial charge < -0.3 is 10.6 Å². The topological polar surface area (TPSA) is 46.3 Å². The Kier molecular flexibility index (Phi) is 5.00. The van der Waals surface area contributed by atoms with E-state index in [-0.39, 0.29) is 5.91 Å². The molecule has 2 rings (SSSR count). The van der Waals surface area contributed by atoms with Crippen molar-refractivity contribution in [3.8, 4) is 11.8 Å². The fraction of sp³-hybridized carbons (Fsp3) is 0.533. The first-order chi connectivity index (χ1) is 9.27. The molecule has 2 heterocycles. The van der Waals surface area contributed by atoms with E-state index >= 15 is 0 Å². The summed E-state index contributed by atoms with van der Waals surface area (Å²) in [4.78, 5) is 15.4. The van der Waals surface area contributed by atoms with Crippen LogP contribution in [0.15, 0.2) is 11.4 Å². The van der Waals surface area contributed by atoms with Gasteiger partial charge in [0.15, 0.2) is 0 Å². The lowest BCUT2D eigenvalue weighted by atomic mass is 9.99. The van der Waals surface area contributed by atoms with Crippen molar-refractivity contribution in [2.45, 2.75) is 38.6 Å². The number of hydrogen-bond acceptors (Lipinski definition) is 3. The molecular weight excluding hydrogens is 256 g/mol. The van der Waals surface area contributed by atoms with Gasteiger partial charge in [-0.3, -0.25) is 4.79 Å². The summed E-state index contributed by atoms with van der Waals surface area (Å²) >= 11 is 1.48. The third kappa shape index (κ3) is 3.17. The number of rotatable bonds is 2. The van der Waals surface area contributed by atoms with E-state index in [1.54, 1.807) is 0 Å². The molecule has 0 aliphatic carbocycles. The van der Waals surface area contributed by atoms with Gasteiger partial charge in [-0.05, 0) is 37.1 Å². The highest BCUT2D eigenvalue weighted by Gasteiger charge is 2.27. The van der Waals surface area contributed by atoms with Crippen LogP contribution in [-0.4, -0.2) is 29.9 Å². The molecule has 4 heteroatoms. The zero-order valence-electron chi connectivity index (χ0n) is 11.3. The molecule has 102 valence electrons. The summed E-state index contributed by atoms with van der Waals surface area (Å²) in [5.74, 6) is 5.96. The van der Waals surface area contributed by atoms with Gasteiger partial charge in [0, 0.05) is 18.2 Å². The number of nitrogens with two attached hydrogens (primary N) is 1. The van der Waals surface area contributed by atoms with Crippen LogP contribution in [0.1, 0.15) is 47.8 Å². The van der Waals surface area contributed by atoms with Gasteiger partial charge in [-0.1, -0.05) is 18.8 Å². The Morgan fingerprint density at radius 2 is 2.42 bits per heavy atom. The third-order valence-corrected chi connectivity index (χ3v) is 4.45. The predicted molar refractivity (Wildman–Crippen MR) is 79.2 cm³/mol. The van der Waals surface area contributed by atoms with E-state index in [0.29, 0.717) is 12.6 Å². The van der Waals surface area contributed by atoms with Crippen LogP contribution in [0.25, 0.3) is 0 Å². The van der Waals surface area contributed by atoms with E-state index in [4.69, 9.17) is 5.73 Å². The smallest absolute Gasteiger partial charge is 0.265 e. The standard InChI is InChI=1S/C15H20N2OS/c1-2-13-7-3-4-10-17(13)15(18)14-12(6-5-9-16)8-11-19-14/h8,11,13H,2-4,7,9-10,16H2,1H3. The Bertz CT molecular complexity index is 498. The third-order valence-electron chi connectivity index (χ3n) is 3.54. The number of thiophene rings is 1. The molecule has 1 unspecified atom stereocenters. The highest BCUT2D eigenvalue weighted by Crippen LogP contribution is 2.25. The minimum Gasteiger partial charge on any atom is -0.335 e. The van der Waals surface area contributed by atoms with E-state index in [0.717, 1.165) is 36.2 Å². The second-order valence-corrected chi connectivity index (χ2v) is 5.64. The summed E-state index contributed by atoms with van der Waals surface area (Å²) in [6, 6.07) is 2.30. The van der Waals surface area contributed by atoms with E-state index in [9.17, 15) is 4.79 Å². The van der Waals surface area contributed by atoms with Crippen LogP contribution in [0.5, 0.6) is 0 Å². The van der Waals surface area contributed by atoms with Crippen LogP contribution >= 0.6 is 11.3 Å². The van der Waals surface area contributed by atoms with Crippen LogP contribution in [-0.2, 0) is 0 Å².